The van der Waals surface area contributed by atoms with E-state index in [0.29, 0.717) is 0 Å². The molecule has 0 fully saturated rings. The van der Waals surface area contributed by atoms with Gasteiger partial charge in [-0.15, -0.1) is 0 Å². The Labute approximate surface area is 91.7 Å². The van der Waals surface area contributed by atoms with Crippen molar-refractivity contribution < 1.29 is 9.18 Å². The molecule has 1 heterocycles. The zero-order valence-electron chi connectivity index (χ0n) is 8.35. The summed E-state index contributed by atoms with van der Waals surface area (Å²) >= 11 is 0. The fourth-order valence-electron chi connectivity index (χ4n) is 1.39. The molecule has 0 bridgehead atoms. The minimum absolute atomic E-state index is 0.205. The molecular formula is C12H9FN2O. The first-order chi connectivity index (χ1) is 7.66. The molecule has 0 radical (unpaired) electrons. The van der Waals surface area contributed by atoms with Crippen molar-refractivity contribution >= 4 is 11.5 Å². The maximum atomic E-state index is 13.1. The largest absolute Gasteiger partial charge is 0.399 e. The molecule has 1 aromatic carbocycles. The standard InChI is InChI=1S/C12H9FN2O/c13-9-5-8(6-10(14)7-9)12(16)11-3-1-2-4-15-11/h1-7H,14H2. The number of benzene rings is 1. The molecule has 0 aliphatic rings. The number of carbonyl (C=O) groups excluding carboxylic acids is 1. The molecule has 4 heteroatoms. The van der Waals surface area contributed by atoms with Crippen LogP contribution in [0.5, 0.6) is 0 Å². The maximum absolute atomic E-state index is 13.1. The second kappa shape index (κ2) is 4.10. The fraction of sp³-hybridized carbons (Fsp3) is 0. The molecule has 0 aliphatic carbocycles. The van der Waals surface area contributed by atoms with Crippen LogP contribution in [0.1, 0.15) is 16.1 Å². The zero-order chi connectivity index (χ0) is 11.5. The number of carbonyl (C=O) groups is 1. The third-order valence-electron chi connectivity index (χ3n) is 2.08. The second-order valence-electron chi connectivity index (χ2n) is 3.32. The van der Waals surface area contributed by atoms with E-state index in [1.807, 2.05) is 0 Å². The number of anilines is 1. The van der Waals surface area contributed by atoms with E-state index >= 15 is 0 Å². The molecule has 0 unspecified atom stereocenters. The van der Waals surface area contributed by atoms with Gasteiger partial charge in [0, 0.05) is 17.4 Å². The predicted octanol–water partition coefficient (Wildman–Crippen LogP) is 2.03. The Balaban J connectivity index is 2.42. The summed E-state index contributed by atoms with van der Waals surface area (Å²) in [5.41, 5.74) is 6.16. The lowest BCUT2D eigenvalue weighted by Gasteiger charge is -2.01. The van der Waals surface area contributed by atoms with Crippen molar-refractivity contribution in [2.45, 2.75) is 0 Å². The molecule has 0 spiro atoms. The lowest BCUT2D eigenvalue weighted by molar-refractivity contribution is 0.103. The minimum Gasteiger partial charge on any atom is -0.399 e. The van der Waals surface area contributed by atoms with Gasteiger partial charge in [0.15, 0.2) is 0 Å². The van der Waals surface area contributed by atoms with Crippen LogP contribution in [0.15, 0.2) is 42.6 Å². The fourth-order valence-corrected chi connectivity index (χ4v) is 1.39. The van der Waals surface area contributed by atoms with Crippen molar-refractivity contribution in [1.29, 1.82) is 0 Å². The maximum Gasteiger partial charge on any atom is 0.211 e. The lowest BCUT2D eigenvalue weighted by atomic mass is 10.1. The van der Waals surface area contributed by atoms with Crippen molar-refractivity contribution in [3.8, 4) is 0 Å². The summed E-state index contributed by atoms with van der Waals surface area (Å²) in [6.45, 7) is 0. The molecule has 2 N–H and O–H groups in total. The number of hydrogen-bond acceptors (Lipinski definition) is 3. The van der Waals surface area contributed by atoms with E-state index in [0.717, 1.165) is 12.1 Å². The van der Waals surface area contributed by atoms with Gasteiger partial charge in [-0.1, -0.05) is 6.07 Å². The van der Waals surface area contributed by atoms with Crippen LogP contribution in [0.2, 0.25) is 0 Å². The minimum atomic E-state index is -0.528. The Morgan fingerprint density at radius 3 is 2.69 bits per heavy atom. The van der Waals surface area contributed by atoms with Gasteiger partial charge in [-0.05, 0) is 30.3 Å². The monoisotopic (exact) mass is 216 g/mol. The van der Waals surface area contributed by atoms with Gasteiger partial charge in [-0.3, -0.25) is 9.78 Å². The van der Waals surface area contributed by atoms with E-state index < -0.39 is 5.82 Å². The highest BCUT2D eigenvalue weighted by Crippen LogP contribution is 2.13. The van der Waals surface area contributed by atoms with Crippen LogP contribution >= 0.6 is 0 Å². The van der Waals surface area contributed by atoms with Crippen LogP contribution in [0.25, 0.3) is 0 Å². The van der Waals surface area contributed by atoms with Crippen molar-refractivity contribution in [3.05, 3.63) is 59.7 Å². The molecule has 16 heavy (non-hydrogen) atoms. The number of rotatable bonds is 2. The number of nitrogens with zero attached hydrogens (tertiary/aromatic N) is 1. The van der Waals surface area contributed by atoms with Crippen molar-refractivity contribution in [3.63, 3.8) is 0 Å². The van der Waals surface area contributed by atoms with E-state index in [2.05, 4.69) is 4.98 Å². The quantitative estimate of drug-likeness (QED) is 0.617. The van der Waals surface area contributed by atoms with Gasteiger partial charge in [0.25, 0.3) is 0 Å². The van der Waals surface area contributed by atoms with E-state index in [1.54, 1.807) is 18.2 Å². The molecule has 0 amide bonds. The van der Waals surface area contributed by atoms with E-state index in [-0.39, 0.29) is 22.7 Å². The molecule has 2 rings (SSSR count). The first-order valence-electron chi connectivity index (χ1n) is 4.68. The Hall–Kier alpha value is -2.23. The Morgan fingerprint density at radius 2 is 2.06 bits per heavy atom. The third-order valence-corrected chi connectivity index (χ3v) is 2.08. The number of hydrogen-bond donors (Lipinski definition) is 1. The van der Waals surface area contributed by atoms with Gasteiger partial charge in [-0.25, -0.2) is 4.39 Å². The molecule has 1 aromatic heterocycles. The van der Waals surface area contributed by atoms with Crippen LogP contribution in [0.4, 0.5) is 10.1 Å². The number of ketones is 1. The van der Waals surface area contributed by atoms with Crippen LogP contribution in [0.3, 0.4) is 0 Å². The Kier molecular flexibility index (Phi) is 2.64. The number of halogens is 1. The van der Waals surface area contributed by atoms with E-state index in [1.165, 1.54) is 12.3 Å². The first-order valence-corrected chi connectivity index (χ1v) is 4.68. The van der Waals surface area contributed by atoms with Crippen molar-refractivity contribution in [1.82, 2.24) is 4.98 Å². The summed E-state index contributed by atoms with van der Waals surface area (Å²) in [7, 11) is 0. The normalized spacial score (nSPS) is 10.1. The first kappa shape index (κ1) is 10.3. The number of pyridine rings is 1. The Morgan fingerprint density at radius 1 is 1.25 bits per heavy atom. The highest BCUT2D eigenvalue weighted by atomic mass is 19.1. The van der Waals surface area contributed by atoms with Crippen molar-refractivity contribution in [2.75, 3.05) is 5.73 Å². The van der Waals surface area contributed by atoms with Crippen LogP contribution in [-0.2, 0) is 0 Å². The molecule has 3 nitrogen and oxygen atoms in total. The number of nitrogen functional groups attached to an aromatic ring is 1. The van der Waals surface area contributed by atoms with Gasteiger partial charge < -0.3 is 5.73 Å². The zero-order valence-corrected chi connectivity index (χ0v) is 8.35. The SMILES string of the molecule is Nc1cc(F)cc(C(=O)c2ccccn2)c1. The lowest BCUT2D eigenvalue weighted by Crippen LogP contribution is -2.04. The van der Waals surface area contributed by atoms with Gasteiger partial charge >= 0.3 is 0 Å². The molecule has 0 saturated carbocycles. The van der Waals surface area contributed by atoms with E-state index in [4.69, 9.17) is 5.73 Å². The summed E-state index contributed by atoms with van der Waals surface area (Å²) in [5, 5.41) is 0. The van der Waals surface area contributed by atoms with Gasteiger partial charge in [0.2, 0.25) is 5.78 Å². The van der Waals surface area contributed by atoms with Gasteiger partial charge in [0.1, 0.15) is 11.5 Å². The summed E-state index contributed by atoms with van der Waals surface area (Å²) in [6.07, 6.45) is 1.51. The van der Waals surface area contributed by atoms with Crippen LogP contribution in [-0.4, -0.2) is 10.8 Å². The second-order valence-corrected chi connectivity index (χ2v) is 3.32. The van der Waals surface area contributed by atoms with Crippen molar-refractivity contribution in [2.24, 2.45) is 0 Å². The highest BCUT2D eigenvalue weighted by molar-refractivity contribution is 6.08. The molecule has 0 atom stereocenters. The molecular weight excluding hydrogens is 207 g/mol. The van der Waals surface area contributed by atoms with E-state index in [9.17, 15) is 9.18 Å². The summed E-state index contributed by atoms with van der Waals surface area (Å²) < 4.78 is 13.1. The average molecular weight is 216 g/mol. The smallest absolute Gasteiger partial charge is 0.211 e. The highest BCUT2D eigenvalue weighted by Gasteiger charge is 2.11. The Bertz CT molecular complexity index is 506. The summed E-state index contributed by atoms with van der Waals surface area (Å²) in [5.74, 6) is -0.869. The summed E-state index contributed by atoms with van der Waals surface area (Å²) in [4.78, 5) is 15.8. The van der Waals surface area contributed by atoms with Gasteiger partial charge in [0.05, 0.1) is 0 Å². The molecule has 2 aromatic rings. The topological polar surface area (TPSA) is 56.0 Å². The predicted molar refractivity (Wildman–Crippen MR) is 58.5 cm³/mol. The van der Waals surface area contributed by atoms with Crippen LogP contribution < -0.4 is 5.73 Å². The molecule has 0 saturated heterocycles. The summed E-state index contributed by atoms with van der Waals surface area (Å²) in [6, 6.07) is 8.71. The van der Waals surface area contributed by atoms with Crippen LogP contribution in [0, 0.1) is 5.82 Å². The van der Waals surface area contributed by atoms with Gasteiger partial charge in [-0.2, -0.15) is 0 Å². The third kappa shape index (κ3) is 2.06. The molecule has 80 valence electrons. The number of nitrogens with two attached hydrogens (primary N) is 1. The number of aromatic nitrogens is 1. The molecule has 0 aliphatic heterocycles. The average Bonchev–Trinajstić information content (AvgIpc) is 2.28.